The van der Waals surface area contributed by atoms with Crippen LogP contribution in [0.1, 0.15) is 34.9 Å². The van der Waals surface area contributed by atoms with Crippen molar-refractivity contribution in [1.82, 2.24) is 24.1 Å². The van der Waals surface area contributed by atoms with Crippen molar-refractivity contribution < 1.29 is 14.3 Å². The number of amides is 1. The monoisotopic (exact) mass is 356 g/mol. The topological polar surface area (TPSA) is 95.6 Å². The summed E-state index contributed by atoms with van der Waals surface area (Å²) in [7, 11) is 3.30. The van der Waals surface area contributed by atoms with Gasteiger partial charge in [0.1, 0.15) is 5.69 Å². The number of carbonyl (C=O) groups is 1. The Kier molecular flexibility index (Phi) is 4.29. The molecule has 9 nitrogen and oxygen atoms in total. The molecule has 4 heterocycles. The number of rotatable bonds is 4. The van der Waals surface area contributed by atoms with E-state index in [9.17, 15) is 4.79 Å². The summed E-state index contributed by atoms with van der Waals surface area (Å²) in [6, 6.07) is 1.72. The van der Waals surface area contributed by atoms with E-state index in [0.29, 0.717) is 23.3 Å². The van der Waals surface area contributed by atoms with Crippen molar-refractivity contribution >= 4 is 17.4 Å². The van der Waals surface area contributed by atoms with E-state index in [2.05, 4.69) is 20.4 Å². The first kappa shape index (κ1) is 16.5. The Labute approximate surface area is 150 Å². The third-order valence-electron chi connectivity index (χ3n) is 4.45. The number of methoxy groups -OCH3 is 1. The van der Waals surface area contributed by atoms with Gasteiger partial charge in [-0.3, -0.25) is 13.9 Å². The first-order valence-corrected chi connectivity index (χ1v) is 8.46. The van der Waals surface area contributed by atoms with Gasteiger partial charge in [0, 0.05) is 50.8 Å². The van der Waals surface area contributed by atoms with Gasteiger partial charge in [-0.1, -0.05) is 0 Å². The second-order valence-electron chi connectivity index (χ2n) is 6.25. The van der Waals surface area contributed by atoms with Gasteiger partial charge in [-0.15, -0.1) is 0 Å². The van der Waals surface area contributed by atoms with Crippen LogP contribution in [0.2, 0.25) is 0 Å². The summed E-state index contributed by atoms with van der Waals surface area (Å²) in [6.07, 6.45) is 7.22. The second kappa shape index (κ2) is 6.75. The Hall–Kier alpha value is -2.94. The number of aromatic nitrogens is 5. The molecule has 26 heavy (non-hydrogen) atoms. The molecule has 3 aromatic rings. The molecule has 0 radical (unpaired) electrons. The minimum absolute atomic E-state index is 0.232. The van der Waals surface area contributed by atoms with Crippen LogP contribution in [0.4, 0.5) is 5.82 Å². The Morgan fingerprint density at radius 2 is 2.12 bits per heavy atom. The number of imidazole rings is 1. The number of hydrogen-bond acceptors (Lipinski definition) is 6. The van der Waals surface area contributed by atoms with Gasteiger partial charge in [0.15, 0.2) is 5.82 Å². The molecule has 1 fully saturated rings. The smallest absolute Gasteiger partial charge is 0.277 e. The summed E-state index contributed by atoms with van der Waals surface area (Å²) in [6.45, 7) is 1.48. The molecule has 0 bridgehead atoms. The van der Waals surface area contributed by atoms with Crippen molar-refractivity contribution in [2.45, 2.75) is 18.8 Å². The molecule has 1 N–H and O–H groups in total. The molecule has 0 saturated carbocycles. The quantitative estimate of drug-likeness (QED) is 0.763. The van der Waals surface area contributed by atoms with E-state index in [4.69, 9.17) is 9.47 Å². The van der Waals surface area contributed by atoms with Crippen LogP contribution in [-0.2, 0) is 11.8 Å². The second-order valence-corrected chi connectivity index (χ2v) is 6.25. The van der Waals surface area contributed by atoms with Crippen molar-refractivity contribution in [2.24, 2.45) is 7.05 Å². The molecule has 1 aliphatic heterocycles. The molecule has 1 saturated heterocycles. The number of nitrogens with zero attached hydrogens (tertiary/aromatic N) is 5. The summed E-state index contributed by atoms with van der Waals surface area (Å²) in [5, 5.41) is 6.87. The van der Waals surface area contributed by atoms with Gasteiger partial charge < -0.3 is 14.8 Å². The van der Waals surface area contributed by atoms with Crippen molar-refractivity contribution in [3.05, 3.63) is 36.0 Å². The van der Waals surface area contributed by atoms with E-state index in [0.717, 1.165) is 31.7 Å². The minimum atomic E-state index is -0.356. The van der Waals surface area contributed by atoms with Crippen molar-refractivity contribution in [1.29, 1.82) is 0 Å². The molecular formula is C17H20N6O3. The summed E-state index contributed by atoms with van der Waals surface area (Å²) in [5.74, 6) is 0.772. The molecule has 1 amide bonds. The van der Waals surface area contributed by atoms with Crippen molar-refractivity contribution in [3.8, 4) is 5.88 Å². The molecular weight excluding hydrogens is 336 g/mol. The first-order chi connectivity index (χ1) is 12.6. The van der Waals surface area contributed by atoms with E-state index >= 15 is 0 Å². The minimum Gasteiger partial charge on any atom is -0.478 e. The zero-order valence-corrected chi connectivity index (χ0v) is 14.7. The van der Waals surface area contributed by atoms with Crippen LogP contribution in [-0.4, -0.2) is 50.4 Å². The molecule has 0 aliphatic carbocycles. The van der Waals surface area contributed by atoms with Crippen LogP contribution in [0, 0.1) is 0 Å². The number of fused-ring (bicyclic) bond motifs is 1. The number of nitrogens with one attached hydrogen (secondary N) is 1. The van der Waals surface area contributed by atoms with Crippen LogP contribution in [0.25, 0.3) is 5.65 Å². The van der Waals surface area contributed by atoms with Crippen LogP contribution >= 0.6 is 0 Å². The van der Waals surface area contributed by atoms with E-state index in [1.165, 1.54) is 7.11 Å². The lowest BCUT2D eigenvalue weighted by molar-refractivity contribution is 0.0846. The number of aryl methyl sites for hydroxylation is 1. The Bertz CT molecular complexity index is 941. The third-order valence-corrected chi connectivity index (χ3v) is 4.45. The molecule has 1 aliphatic rings. The first-order valence-electron chi connectivity index (χ1n) is 8.46. The van der Waals surface area contributed by atoms with Crippen LogP contribution in [0.3, 0.4) is 0 Å². The largest absolute Gasteiger partial charge is 0.478 e. The highest BCUT2D eigenvalue weighted by atomic mass is 16.5. The summed E-state index contributed by atoms with van der Waals surface area (Å²) >= 11 is 0. The van der Waals surface area contributed by atoms with Gasteiger partial charge in [0.25, 0.3) is 11.8 Å². The summed E-state index contributed by atoms with van der Waals surface area (Å²) in [5.41, 5.74) is 1.80. The van der Waals surface area contributed by atoms with Gasteiger partial charge in [0.2, 0.25) is 5.65 Å². The fraction of sp³-hybridized carbons (Fsp3) is 0.412. The van der Waals surface area contributed by atoms with Crippen LogP contribution in [0.5, 0.6) is 5.88 Å². The van der Waals surface area contributed by atoms with Gasteiger partial charge in [-0.2, -0.15) is 5.10 Å². The average Bonchev–Trinajstić information content (AvgIpc) is 3.27. The van der Waals surface area contributed by atoms with Crippen LogP contribution in [0.15, 0.2) is 24.7 Å². The number of hydrogen-bond donors (Lipinski definition) is 1. The van der Waals surface area contributed by atoms with E-state index in [-0.39, 0.29) is 11.6 Å². The number of carbonyl (C=O) groups excluding carboxylic acids is 1. The zero-order valence-electron chi connectivity index (χ0n) is 14.7. The van der Waals surface area contributed by atoms with Gasteiger partial charge in [-0.25, -0.2) is 9.97 Å². The zero-order chi connectivity index (χ0) is 18.1. The highest BCUT2D eigenvalue weighted by Gasteiger charge is 2.21. The third kappa shape index (κ3) is 3.13. The maximum atomic E-state index is 12.5. The number of anilines is 1. The SMILES string of the molecule is COc1nc(C(=O)Nc2ccn(C)n2)cn2cc(C3CCOCC3)nc12. The predicted molar refractivity (Wildman–Crippen MR) is 93.5 cm³/mol. The Balaban J connectivity index is 1.66. The fourth-order valence-electron chi connectivity index (χ4n) is 3.09. The highest BCUT2D eigenvalue weighted by Crippen LogP contribution is 2.28. The predicted octanol–water partition coefficient (Wildman–Crippen LogP) is 1.62. The Morgan fingerprint density at radius 1 is 1.31 bits per heavy atom. The van der Waals surface area contributed by atoms with Crippen molar-refractivity contribution in [2.75, 3.05) is 25.6 Å². The molecule has 136 valence electrons. The molecule has 9 heteroatoms. The fourth-order valence-corrected chi connectivity index (χ4v) is 3.09. The van der Waals surface area contributed by atoms with Crippen molar-refractivity contribution in [3.63, 3.8) is 0 Å². The van der Waals surface area contributed by atoms with E-state index in [1.54, 1.807) is 34.6 Å². The normalized spacial score (nSPS) is 15.3. The lowest BCUT2D eigenvalue weighted by Crippen LogP contribution is -2.15. The van der Waals surface area contributed by atoms with E-state index in [1.807, 2.05) is 6.20 Å². The number of ether oxygens (including phenoxy) is 2. The standard InChI is InChI=1S/C17H20N6O3/c1-22-6-3-14(21-22)20-16(24)13-10-23-9-12(11-4-7-26-8-5-11)18-15(23)17(19-13)25-2/h3,6,9-11H,4-5,7-8H2,1-2H3,(H,20,21,24). The summed E-state index contributed by atoms with van der Waals surface area (Å²) < 4.78 is 14.2. The Morgan fingerprint density at radius 3 is 2.81 bits per heavy atom. The molecule has 0 unspecified atom stereocenters. The maximum absolute atomic E-state index is 12.5. The highest BCUT2D eigenvalue weighted by molar-refractivity contribution is 6.02. The van der Waals surface area contributed by atoms with Gasteiger partial charge in [-0.05, 0) is 12.8 Å². The molecule has 4 rings (SSSR count). The lowest BCUT2D eigenvalue weighted by Gasteiger charge is -2.19. The van der Waals surface area contributed by atoms with Gasteiger partial charge in [0.05, 0.1) is 12.8 Å². The molecule has 0 aromatic carbocycles. The average molecular weight is 356 g/mol. The lowest BCUT2D eigenvalue weighted by atomic mass is 9.97. The maximum Gasteiger partial charge on any atom is 0.277 e. The molecule has 3 aromatic heterocycles. The molecule has 0 spiro atoms. The van der Waals surface area contributed by atoms with Gasteiger partial charge >= 0.3 is 0 Å². The summed E-state index contributed by atoms with van der Waals surface area (Å²) in [4.78, 5) is 21.5. The van der Waals surface area contributed by atoms with Crippen LogP contribution < -0.4 is 10.1 Å². The van der Waals surface area contributed by atoms with E-state index < -0.39 is 0 Å². The molecule has 0 atom stereocenters.